The number of benzene rings is 1. The van der Waals surface area contributed by atoms with Crippen molar-refractivity contribution in [1.82, 2.24) is 0 Å². The highest BCUT2D eigenvalue weighted by atomic mass is 16.3. The topological polar surface area (TPSA) is 46.2 Å². The van der Waals surface area contributed by atoms with Crippen LogP contribution in [0.4, 0.5) is 0 Å². The van der Waals surface area contributed by atoms with Gasteiger partial charge in [0.1, 0.15) is 0 Å². The average Bonchev–Trinajstić information content (AvgIpc) is 2.47. The van der Waals surface area contributed by atoms with E-state index in [4.69, 9.17) is 5.73 Å². The van der Waals surface area contributed by atoms with Gasteiger partial charge in [0.25, 0.3) is 0 Å². The molecule has 0 aliphatic heterocycles. The van der Waals surface area contributed by atoms with Crippen molar-refractivity contribution in [3.05, 3.63) is 35.4 Å². The van der Waals surface area contributed by atoms with Crippen LogP contribution < -0.4 is 5.73 Å². The number of aliphatic hydroxyl groups is 1. The van der Waals surface area contributed by atoms with Gasteiger partial charge in [-0.25, -0.2) is 0 Å². The van der Waals surface area contributed by atoms with Gasteiger partial charge in [0.05, 0.1) is 6.10 Å². The van der Waals surface area contributed by atoms with Crippen LogP contribution in [-0.2, 0) is 12.8 Å². The Kier molecular flexibility index (Phi) is 4.64. The predicted octanol–water partition coefficient (Wildman–Crippen LogP) is 2.92. The van der Waals surface area contributed by atoms with Crippen molar-refractivity contribution in [2.75, 3.05) is 6.54 Å². The first-order valence-corrected chi connectivity index (χ1v) is 7.61. The van der Waals surface area contributed by atoms with Gasteiger partial charge in [0.2, 0.25) is 0 Å². The summed E-state index contributed by atoms with van der Waals surface area (Å²) in [6.07, 6.45) is 4.77. The van der Waals surface area contributed by atoms with Crippen molar-refractivity contribution >= 4 is 0 Å². The highest BCUT2D eigenvalue weighted by Crippen LogP contribution is 2.41. The normalized spacial score (nSPS) is 24.3. The fourth-order valence-electron chi connectivity index (χ4n) is 3.61. The molecule has 0 fully saturated rings. The zero-order valence-corrected chi connectivity index (χ0v) is 12.2. The molecule has 1 aromatic carbocycles. The molecule has 3 N–H and O–H groups in total. The van der Waals surface area contributed by atoms with Gasteiger partial charge in [-0.15, -0.1) is 0 Å². The monoisotopic (exact) mass is 261 g/mol. The molecule has 1 aliphatic rings. The molecule has 2 heteroatoms. The van der Waals surface area contributed by atoms with E-state index in [2.05, 4.69) is 38.1 Å². The smallest absolute Gasteiger partial charge is 0.0639 e. The zero-order chi connectivity index (χ0) is 13.9. The molecule has 0 heterocycles. The Bertz CT molecular complexity index is 413. The van der Waals surface area contributed by atoms with E-state index in [0.717, 1.165) is 32.1 Å². The maximum atomic E-state index is 10.8. The fraction of sp³-hybridized carbons (Fsp3) is 0.647. The van der Waals surface area contributed by atoms with E-state index in [1.54, 1.807) is 0 Å². The van der Waals surface area contributed by atoms with Crippen LogP contribution in [0.5, 0.6) is 0 Å². The van der Waals surface area contributed by atoms with E-state index in [1.165, 1.54) is 11.1 Å². The molecule has 0 spiro atoms. The number of hydrogen-bond donors (Lipinski definition) is 2. The van der Waals surface area contributed by atoms with Crippen LogP contribution in [-0.4, -0.2) is 17.8 Å². The van der Waals surface area contributed by atoms with Gasteiger partial charge in [0.15, 0.2) is 0 Å². The van der Waals surface area contributed by atoms with E-state index in [-0.39, 0.29) is 11.5 Å². The summed E-state index contributed by atoms with van der Waals surface area (Å²) in [6, 6.07) is 8.60. The van der Waals surface area contributed by atoms with E-state index >= 15 is 0 Å². The quantitative estimate of drug-likeness (QED) is 0.856. The molecular weight excluding hydrogens is 234 g/mol. The van der Waals surface area contributed by atoms with Crippen molar-refractivity contribution < 1.29 is 5.11 Å². The van der Waals surface area contributed by atoms with Gasteiger partial charge >= 0.3 is 0 Å². The number of aliphatic hydroxyl groups excluding tert-OH is 1. The summed E-state index contributed by atoms with van der Waals surface area (Å²) in [5.41, 5.74) is 8.78. The number of rotatable bonds is 5. The summed E-state index contributed by atoms with van der Waals surface area (Å²) in [5, 5.41) is 10.8. The molecule has 0 saturated carbocycles. The van der Waals surface area contributed by atoms with Gasteiger partial charge in [0, 0.05) is 12.0 Å². The fourth-order valence-corrected chi connectivity index (χ4v) is 3.61. The number of hydrogen-bond acceptors (Lipinski definition) is 2. The molecule has 1 aliphatic carbocycles. The summed E-state index contributed by atoms with van der Waals surface area (Å²) >= 11 is 0. The van der Waals surface area contributed by atoms with Crippen LogP contribution in [0.3, 0.4) is 0 Å². The molecule has 0 bridgehead atoms. The van der Waals surface area contributed by atoms with E-state index in [1.807, 2.05) is 0 Å². The summed E-state index contributed by atoms with van der Waals surface area (Å²) in [6.45, 7) is 4.91. The third-order valence-electron chi connectivity index (χ3n) is 5.08. The highest BCUT2D eigenvalue weighted by Gasteiger charge is 2.42. The lowest BCUT2D eigenvalue weighted by Crippen LogP contribution is -2.49. The molecule has 0 aromatic heterocycles. The molecule has 0 saturated heterocycles. The van der Waals surface area contributed by atoms with Crippen LogP contribution in [0.15, 0.2) is 24.3 Å². The Morgan fingerprint density at radius 2 is 1.84 bits per heavy atom. The molecule has 2 nitrogen and oxygen atoms in total. The Morgan fingerprint density at radius 1 is 1.21 bits per heavy atom. The third kappa shape index (κ3) is 2.70. The predicted molar refractivity (Wildman–Crippen MR) is 80.0 cm³/mol. The van der Waals surface area contributed by atoms with E-state index in [9.17, 15) is 5.11 Å². The lowest BCUT2D eigenvalue weighted by Gasteiger charge is -2.44. The Morgan fingerprint density at radius 3 is 2.42 bits per heavy atom. The number of aryl methyl sites for hydroxylation is 1. The van der Waals surface area contributed by atoms with Gasteiger partial charge in [-0.1, -0.05) is 51.0 Å². The third-order valence-corrected chi connectivity index (χ3v) is 5.08. The van der Waals surface area contributed by atoms with Crippen LogP contribution >= 0.6 is 0 Å². The van der Waals surface area contributed by atoms with Gasteiger partial charge in [-0.3, -0.25) is 0 Å². The molecule has 0 radical (unpaired) electrons. The minimum atomic E-state index is -0.277. The zero-order valence-electron chi connectivity index (χ0n) is 12.2. The van der Waals surface area contributed by atoms with Gasteiger partial charge in [-0.05, 0) is 36.3 Å². The molecule has 2 atom stereocenters. The van der Waals surface area contributed by atoms with Crippen LogP contribution in [0.2, 0.25) is 0 Å². The second-order valence-corrected chi connectivity index (χ2v) is 6.03. The standard InChI is InChI=1S/C17H27NO/c1-3-13(4-2)16(19)17(12-18)10-9-14-7-5-6-8-15(14)11-17/h5-8,13,16,19H,3-4,9-12,18H2,1-2H3. The van der Waals surface area contributed by atoms with Crippen LogP contribution in [0.25, 0.3) is 0 Å². The SMILES string of the molecule is CCC(CC)C(O)C1(CN)CCc2ccccc2C1. The van der Waals surface area contributed by atoms with Gasteiger partial charge < -0.3 is 10.8 Å². The molecule has 2 unspecified atom stereocenters. The second-order valence-electron chi connectivity index (χ2n) is 6.03. The molecule has 19 heavy (non-hydrogen) atoms. The molecule has 1 aromatic rings. The average molecular weight is 261 g/mol. The highest BCUT2D eigenvalue weighted by molar-refractivity contribution is 5.31. The second kappa shape index (κ2) is 6.06. The summed E-state index contributed by atoms with van der Waals surface area (Å²) < 4.78 is 0. The van der Waals surface area contributed by atoms with Crippen LogP contribution in [0, 0.1) is 11.3 Å². The Labute approximate surface area is 117 Å². The maximum Gasteiger partial charge on any atom is 0.0639 e. The molecule has 106 valence electrons. The van der Waals surface area contributed by atoms with Crippen molar-refractivity contribution in [2.24, 2.45) is 17.1 Å². The first-order chi connectivity index (χ1) is 9.16. The minimum Gasteiger partial charge on any atom is -0.392 e. The van der Waals surface area contributed by atoms with Crippen molar-refractivity contribution in [1.29, 1.82) is 0 Å². The maximum absolute atomic E-state index is 10.8. The number of nitrogens with two attached hydrogens (primary N) is 1. The van der Waals surface area contributed by atoms with E-state index < -0.39 is 0 Å². The van der Waals surface area contributed by atoms with Gasteiger partial charge in [-0.2, -0.15) is 0 Å². The molecule has 0 amide bonds. The first-order valence-electron chi connectivity index (χ1n) is 7.61. The first kappa shape index (κ1) is 14.5. The summed E-state index contributed by atoms with van der Waals surface area (Å²) in [7, 11) is 0. The van der Waals surface area contributed by atoms with Crippen molar-refractivity contribution in [2.45, 2.75) is 52.1 Å². The summed E-state index contributed by atoms with van der Waals surface area (Å²) in [5.74, 6) is 0.369. The van der Waals surface area contributed by atoms with Crippen molar-refractivity contribution in [3.63, 3.8) is 0 Å². The van der Waals surface area contributed by atoms with Crippen molar-refractivity contribution in [3.8, 4) is 0 Å². The molecular formula is C17H27NO. The summed E-state index contributed by atoms with van der Waals surface area (Å²) in [4.78, 5) is 0. The minimum absolute atomic E-state index is 0.120. The lowest BCUT2D eigenvalue weighted by molar-refractivity contribution is -0.0260. The largest absolute Gasteiger partial charge is 0.392 e. The number of fused-ring (bicyclic) bond motifs is 1. The Hall–Kier alpha value is -0.860. The Balaban J connectivity index is 2.26. The van der Waals surface area contributed by atoms with E-state index in [0.29, 0.717) is 12.5 Å². The molecule has 2 rings (SSSR count). The lowest BCUT2D eigenvalue weighted by atomic mass is 9.64. The van der Waals surface area contributed by atoms with Crippen LogP contribution in [0.1, 0.15) is 44.2 Å².